The Hall–Kier alpha value is -2.67. The van der Waals surface area contributed by atoms with E-state index in [9.17, 15) is 8.42 Å². The fourth-order valence-corrected chi connectivity index (χ4v) is 3.66. The Balaban J connectivity index is 1.66. The molecule has 0 atom stereocenters. The molecule has 0 spiro atoms. The summed E-state index contributed by atoms with van der Waals surface area (Å²) in [5.74, 6) is 0.922. The van der Waals surface area contributed by atoms with Crippen LogP contribution in [0.15, 0.2) is 66.0 Å². The zero-order chi connectivity index (χ0) is 19.3. The van der Waals surface area contributed by atoms with E-state index in [-0.39, 0.29) is 4.90 Å². The fraction of sp³-hybridized carbons (Fsp3) is 0.300. The molecule has 3 aromatic rings. The molecule has 0 aliphatic heterocycles. The molecule has 142 valence electrons. The third-order valence-corrected chi connectivity index (χ3v) is 5.59. The molecule has 6 nitrogen and oxygen atoms in total. The van der Waals surface area contributed by atoms with Gasteiger partial charge in [-0.05, 0) is 54.2 Å². The molecule has 0 radical (unpaired) electrons. The van der Waals surface area contributed by atoms with Crippen molar-refractivity contribution >= 4 is 15.8 Å². The second-order valence-electron chi connectivity index (χ2n) is 6.94. The van der Waals surface area contributed by atoms with Crippen molar-refractivity contribution in [1.82, 2.24) is 14.8 Å². The molecule has 27 heavy (non-hydrogen) atoms. The Morgan fingerprint density at radius 3 is 2.37 bits per heavy atom. The van der Waals surface area contributed by atoms with Crippen LogP contribution >= 0.6 is 0 Å². The minimum absolute atomic E-state index is 0.236. The van der Waals surface area contributed by atoms with Crippen molar-refractivity contribution in [3.05, 3.63) is 72.2 Å². The van der Waals surface area contributed by atoms with Crippen molar-refractivity contribution in [3.63, 3.8) is 0 Å². The summed E-state index contributed by atoms with van der Waals surface area (Å²) in [6.07, 6.45) is 7.21. The van der Waals surface area contributed by atoms with Crippen molar-refractivity contribution in [2.45, 2.75) is 38.1 Å². The highest BCUT2D eigenvalue weighted by Gasteiger charge is 2.15. The molecule has 0 unspecified atom stereocenters. The Bertz CT molecular complexity index is 965. The Morgan fingerprint density at radius 2 is 1.70 bits per heavy atom. The molecule has 0 saturated heterocycles. The van der Waals surface area contributed by atoms with E-state index >= 15 is 0 Å². The lowest BCUT2D eigenvalue weighted by atomic mass is 10.0. The van der Waals surface area contributed by atoms with Gasteiger partial charge in [-0.15, -0.1) is 0 Å². The molecule has 2 aromatic heterocycles. The number of anilines is 1. The van der Waals surface area contributed by atoms with E-state index in [2.05, 4.69) is 28.7 Å². The number of benzene rings is 1. The summed E-state index contributed by atoms with van der Waals surface area (Å²) in [6.45, 7) is 4.90. The predicted octanol–water partition coefficient (Wildman–Crippen LogP) is 3.72. The molecule has 0 aliphatic carbocycles. The van der Waals surface area contributed by atoms with Gasteiger partial charge >= 0.3 is 0 Å². The van der Waals surface area contributed by atoms with Crippen LogP contribution in [0.25, 0.3) is 0 Å². The second kappa shape index (κ2) is 8.35. The quantitative estimate of drug-likeness (QED) is 0.642. The van der Waals surface area contributed by atoms with Crippen molar-refractivity contribution in [2.75, 3.05) is 4.72 Å². The van der Waals surface area contributed by atoms with E-state index in [1.807, 2.05) is 24.3 Å². The maximum Gasteiger partial charge on any atom is 0.263 e. The van der Waals surface area contributed by atoms with Crippen molar-refractivity contribution in [1.29, 1.82) is 0 Å². The molecule has 0 fully saturated rings. The maximum absolute atomic E-state index is 12.6. The summed E-state index contributed by atoms with van der Waals surface area (Å²) in [5.41, 5.74) is 2.18. The minimum Gasteiger partial charge on any atom is -0.266 e. The number of hydrogen-bond donors (Lipinski definition) is 1. The summed E-state index contributed by atoms with van der Waals surface area (Å²) < 4.78 is 29.4. The van der Waals surface area contributed by atoms with Gasteiger partial charge in [-0.1, -0.05) is 26.0 Å². The molecule has 1 N–H and O–H groups in total. The first-order chi connectivity index (χ1) is 12.9. The molecule has 0 amide bonds. The molecular formula is C20H24N4O2S. The van der Waals surface area contributed by atoms with Gasteiger partial charge in [0.25, 0.3) is 10.0 Å². The van der Waals surface area contributed by atoms with E-state index in [1.165, 1.54) is 0 Å². The average molecular weight is 385 g/mol. The minimum atomic E-state index is -3.66. The highest BCUT2D eigenvalue weighted by molar-refractivity contribution is 7.92. The Labute approximate surface area is 160 Å². The summed E-state index contributed by atoms with van der Waals surface area (Å²) in [6, 6.07) is 12.5. The lowest BCUT2D eigenvalue weighted by Gasteiger charge is -2.08. The number of pyridine rings is 1. The number of nitrogens with one attached hydrogen (secondary N) is 1. The van der Waals surface area contributed by atoms with Gasteiger partial charge in [-0.25, -0.2) is 8.42 Å². The van der Waals surface area contributed by atoms with Crippen LogP contribution in [0.4, 0.5) is 5.82 Å². The van der Waals surface area contributed by atoms with E-state index in [1.54, 1.807) is 41.5 Å². The van der Waals surface area contributed by atoms with Crippen molar-refractivity contribution in [2.24, 2.45) is 5.92 Å². The number of rotatable bonds is 8. The van der Waals surface area contributed by atoms with Crippen LogP contribution in [-0.4, -0.2) is 23.2 Å². The van der Waals surface area contributed by atoms with Crippen molar-refractivity contribution < 1.29 is 8.42 Å². The standard InChI is InChI=1S/C20H24N4O2S/c1-16(2)3-4-17-5-7-19(8-6-17)27(25,26)23-20-11-14-24(22-20)15-18-9-12-21-13-10-18/h5-14,16H,3-4,15H2,1-2H3,(H,22,23). The highest BCUT2D eigenvalue weighted by Crippen LogP contribution is 2.17. The molecule has 1 aromatic carbocycles. The first-order valence-electron chi connectivity index (χ1n) is 8.96. The highest BCUT2D eigenvalue weighted by atomic mass is 32.2. The number of aromatic nitrogens is 3. The Morgan fingerprint density at radius 1 is 1.00 bits per heavy atom. The third kappa shape index (κ3) is 5.40. The van der Waals surface area contributed by atoms with Crippen LogP contribution in [0.3, 0.4) is 0 Å². The fourth-order valence-electron chi connectivity index (χ4n) is 2.67. The lowest BCUT2D eigenvalue weighted by Crippen LogP contribution is -2.14. The van der Waals surface area contributed by atoms with Gasteiger partial charge in [0.15, 0.2) is 5.82 Å². The molecule has 0 aliphatic rings. The van der Waals surface area contributed by atoms with Crippen LogP contribution in [0.2, 0.25) is 0 Å². The molecule has 3 rings (SSSR count). The van der Waals surface area contributed by atoms with E-state index < -0.39 is 10.0 Å². The number of sulfonamides is 1. The van der Waals surface area contributed by atoms with Crippen LogP contribution in [0.1, 0.15) is 31.4 Å². The largest absolute Gasteiger partial charge is 0.266 e. The first kappa shape index (κ1) is 19.1. The molecule has 0 saturated carbocycles. The van der Waals surface area contributed by atoms with Crippen LogP contribution in [0, 0.1) is 5.92 Å². The van der Waals surface area contributed by atoms with Gasteiger partial charge in [-0.2, -0.15) is 5.10 Å². The second-order valence-corrected chi connectivity index (χ2v) is 8.62. The summed E-state index contributed by atoms with van der Waals surface area (Å²) in [7, 11) is -3.66. The molecule has 2 heterocycles. The smallest absolute Gasteiger partial charge is 0.263 e. The van der Waals surface area contributed by atoms with Gasteiger partial charge < -0.3 is 0 Å². The summed E-state index contributed by atoms with van der Waals surface area (Å²) in [5, 5.41) is 4.29. The summed E-state index contributed by atoms with van der Waals surface area (Å²) in [4.78, 5) is 4.21. The van der Waals surface area contributed by atoms with E-state index in [4.69, 9.17) is 0 Å². The predicted molar refractivity (Wildman–Crippen MR) is 106 cm³/mol. The van der Waals surface area contributed by atoms with Gasteiger partial charge in [0.05, 0.1) is 11.4 Å². The zero-order valence-electron chi connectivity index (χ0n) is 15.5. The lowest BCUT2D eigenvalue weighted by molar-refractivity contribution is 0.586. The van der Waals surface area contributed by atoms with Gasteiger partial charge in [0.2, 0.25) is 0 Å². The monoisotopic (exact) mass is 384 g/mol. The SMILES string of the molecule is CC(C)CCc1ccc(S(=O)(=O)Nc2ccn(Cc3ccncc3)n2)cc1. The van der Waals surface area contributed by atoms with Gasteiger partial charge in [0, 0.05) is 24.7 Å². The van der Waals surface area contributed by atoms with Gasteiger partial charge in [0.1, 0.15) is 0 Å². The average Bonchev–Trinajstić information content (AvgIpc) is 3.07. The zero-order valence-corrected chi connectivity index (χ0v) is 16.4. The van der Waals surface area contributed by atoms with Crippen LogP contribution < -0.4 is 4.72 Å². The molecule has 0 bridgehead atoms. The maximum atomic E-state index is 12.6. The van der Waals surface area contributed by atoms with E-state index in [0.717, 1.165) is 24.0 Å². The van der Waals surface area contributed by atoms with Crippen LogP contribution in [0.5, 0.6) is 0 Å². The summed E-state index contributed by atoms with van der Waals surface area (Å²) >= 11 is 0. The molecular weight excluding hydrogens is 360 g/mol. The number of hydrogen-bond acceptors (Lipinski definition) is 4. The molecule has 7 heteroatoms. The number of aryl methyl sites for hydroxylation is 1. The topological polar surface area (TPSA) is 76.9 Å². The van der Waals surface area contributed by atoms with Crippen LogP contribution in [-0.2, 0) is 23.0 Å². The normalized spacial score (nSPS) is 11.7. The number of nitrogens with zero attached hydrogens (tertiary/aromatic N) is 3. The van der Waals surface area contributed by atoms with Gasteiger partial charge in [-0.3, -0.25) is 14.4 Å². The Kier molecular flexibility index (Phi) is 5.91. The van der Waals surface area contributed by atoms with Crippen molar-refractivity contribution in [3.8, 4) is 0 Å². The van der Waals surface area contributed by atoms with E-state index in [0.29, 0.717) is 18.3 Å². The first-order valence-corrected chi connectivity index (χ1v) is 10.4. The third-order valence-electron chi connectivity index (χ3n) is 4.22.